The summed E-state index contributed by atoms with van der Waals surface area (Å²) in [6.45, 7) is -0.296. The van der Waals surface area contributed by atoms with Crippen molar-refractivity contribution in [3.63, 3.8) is 0 Å². The van der Waals surface area contributed by atoms with E-state index in [0.717, 1.165) is 12.1 Å². The zero-order valence-corrected chi connectivity index (χ0v) is 16.4. The normalized spacial score (nSPS) is 12.1. The van der Waals surface area contributed by atoms with Gasteiger partial charge in [-0.15, -0.1) is 0 Å². The van der Waals surface area contributed by atoms with Gasteiger partial charge in [-0.3, -0.25) is 9.11 Å². The Labute approximate surface area is 169 Å². The molecule has 0 radical (unpaired) electrons. The Kier molecular flexibility index (Phi) is 5.71. The van der Waals surface area contributed by atoms with Crippen LogP contribution in [0.1, 0.15) is 0 Å². The molecule has 1 aromatic heterocycles. The highest BCUT2D eigenvalue weighted by Gasteiger charge is 2.16. The Morgan fingerprint density at radius 1 is 1.00 bits per heavy atom. The number of phenolic OH excluding ortho intramolecular Hbond substituents is 1. The summed E-state index contributed by atoms with van der Waals surface area (Å²) >= 11 is 0. The van der Waals surface area contributed by atoms with Gasteiger partial charge < -0.3 is 15.7 Å². The minimum Gasteiger partial charge on any atom is -0.507 e. The zero-order valence-electron chi connectivity index (χ0n) is 14.8. The zero-order chi connectivity index (χ0) is 22.1. The van der Waals surface area contributed by atoms with Crippen molar-refractivity contribution in [3.8, 4) is 5.75 Å². The standard InChI is InChI=1S/C15H14FN5O7S2/c16-13-19-14(17-4-5-29(23,24)25)21-15(20-13)18-10-3-1-2-8-6-9(30(26,27)28)7-11(22)12(8)10/h1-3,6-7,22H,4-5H2,(H,23,24,25)(H,26,27,28)(H2,17,18,19,20,21). The van der Waals surface area contributed by atoms with E-state index in [0.29, 0.717) is 0 Å². The van der Waals surface area contributed by atoms with Crippen LogP contribution < -0.4 is 10.6 Å². The van der Waals surface area contributed by atoms with Crippen LogP contribution in [-0.2, 0) is 20.2 Å². The monoisotopic (exact) mass is 459 g/mol. The van der Waals surface area contributed by atoms with Gasteiger partial charge >= 0.3 is 6.08 Å². The molecule has 1 heterocycles. The number of nitrogens with zero attached hydrogens (tertiary/aromatic N) is 3. The third-order valence-corrected chi connectivity index (χ3v) is 5.28. The highest BCUT2D eigenvalue weighted by atomic mass is 32.2. The number of aromatic nitrogens is 3. The third-order valence-electron chi connectivity index (χ3n) is 3.73. The highest BCUT2D eigenvalue weighted by molar-refractivity contribution is 7.86. The van der Waals surface area contributed by atoms with Crippen molar-refractivity contribution in [2.24, 2.45) is 0 Å². The van der Waals surface area contributed by atoms with Crippen LogP contribution in [0.25, 0.3) is 10.8 Å². The van der Waals surface area contributed by atoms with E-state index < -0.39 is 42.7 Å². The van der Waals surface area contributed by atoms with Gasteiger partial charge in [-0.05, 0) is 17.5 Å². The molecule has 3 rings (SSSR count). The SMILES string of the molecule is O=S(=O)(O)CCNc1nc(F)nc(Nc2cccc3cc(S(=O)(=O)O)cc(O)c23)n1. The van der Waals surface area contributed by atoms with Crippen LogP contribution in [0.15, 0.2) is 35.2 Å². The van der Waals surface area contributed by atoms with E-state index in [1.165, 1.54) is 18.2 Å². The second-order valence-corrected chi connectivity index (χ2v) is 8.90. The molecular weight excluding hydrogens is 445 g/mol. The Hall–Kier alpha value is -3.14. The maximum atomic E-state index is 13.7. The molecule has 0 spiro atoms. The number of hydrogen-bond acceptors (Lipinski definition) is 10. The summed E-state index contributed by atoms with van der Waals surface area (Å²) in [5.41, 5.74) is 0.182. The van der Waals surface area contributed by atoms with Gasteiger partial charge in [0.15, 0.2) is 0 Å². The van der Waals surface area contributed by atoms with E-state index in [1.54, 1.807) is 0 Å². The molecule has 0 amide bonds. The van der Waals surface area contributed by atoms with Crippen LogP contribution >= 0.6 is 0 Å². The lowest BCUT2D eigenvalue weighted by Crippen LogP contribution is -2.17. The molecule has 0 bridgehead atoms. The largest absolute Gasteiger partial charge is 0.507 e. The Morgan fingerprint density at radius 2 is 1.70 bits per heavy atom. The first kappa shape index (κ1) is 21.6. The molecule has 30 heavy (non-hydrogen) atoms. The Balaban J connectivity index is 1.94. The summed E-state index contributed by atoms with van der Waals surface area (Å²) in [6.07, 6.45) is -1.19. The maximum Gasteiger partial charge on any atom is 0.315 e. The first-order chi connectivity index (χ1) is 13.9. The minimum atomic E-state index is -4.55. The number of rotatable bonds is 7. The summed E-state index contributed by atoms with van der Waals surface area (Å²) in [6, 6.07) is 6.43. The van der Waals surface area contributed by atoms with Crippen LogP contribution in [0.5, 0.6) is 5.75 Å². The van der Waals surface area contributed by atoms with Crippen LogP contribution in [0.4, 0.5) is 22.0 Å². The molecule has 5 N–H and O–H groups in total. The topological polar surface area (TPSA) is 192 Å². The molecule has 12 nitrogen and oxygen atoms in total. The summed E-state index contributed by atoms with van der Waals surface area (Å²) in [5, 5.41) is 15.7. The van der Waals surface area contributed by atoms with Gasteiger partial charge in [0.1, 0.15) is 5.75 Å². The van der Waals surface area contributed by atoms with Crippen LogP contribution in [0.3, 0.4) is 0 Å². The van der Waals surface area contributed by atoms with Gasteiger partial charge in [0.2, 0.25) is 11.9 Å². The van der Waals surface area contributed by atoms with Gasteiger partial charge in [0, 0.05) is 18.0 Å². The first-order valence-electron chi connectivity index (χ1n) is 8.03. The number of halogens is 1. The minimum absolute atomic E-state index is 0.145. The van der Waals surface area contributed by atoms with Gasteiger partial charge in [0.05, 0.1) is 16.3 Å². The molecule has 0 atom stereocenters. The quantitative estimate of drug-likeness (QED) is 0.317. The molecule has 0 fully saturated rings. The molecule has 0 saturated heterocycles. The van der Waals surface area contributed by atoms with E-state index in [1.807, 2.05) is 0 Å². The molecule has 3 aromatic rings. The fourth-order valence-corrected chi connectivity index (χ4v) is 3.43. The smallest absolute Gasteiger partial charge is 0.315 e. The van der Waals surface area contributed by atoms with Crippen molar-refractivity contribution in [2.45, 2.75) is 4.90 Å². The second kappa shape index (κ2) is 7.94. The molecule has 0 saturated carbocycles. The molecular formula is C15H14FN5O7S2. The van der Waals surface area contributed by atoms with Gasteiger partial charge in [-0.1, -0.05) is 12.1 Å². The van der Waals surface area contributed by atoms with Gasteiger partial charge in [-0.2, -0.15) is 36.2 Å². The lowest BCUT2D eigenvalue weighted by Gasteiger charge is -2.12. The van der Waals surface area contributed by atoms with Crippen molar-refractivity contribution >= 4 is 48.6 Å². The summed E-state index contributed by atoms with van der Waals surface area (Å²) < 4.78 is 75.7. The van der Waals surface area contributed by atoms with Crippen molar-refractivity contribution < 1.29 is 35.4 Å². The van der Waals surface area contributed by atoms with Crippen LogP contribution in [0.2, 0.25) is 0 Å². The number of benzene rings is 2. The average molecular weight is 459 g/mol. The molecule has 2 aromatic carbocycles. The fourth-order valence-electron chi connectivity index (χ4n) is 2.53. The predicted molar refractivity (Wildman–Crippen MR) is 103 cm³/mol. The predicted octanol–water partition coefficient (Wildman–Crippen LogP) is 1.16. The number of nitrogens with one attached hydrogen (secondary N) is 2. The molecule has 0 unspecified atom stereocenters. The number of anilines is 3. The summed E-state index contributed by atoms with van der Waals surface area (Å²) in [5.74, 6) is -1.75. The van der Waals surface area contributed by atoms with E-state index in [9.17, 15) is 30.9 Å². The molecule has 15 heteroatoms. The van der Waals surface area contributed by atoms with Gasteiger partial charge in [0.25, 0.3) is 20.2 Å². The molecule has 160 valence electrons. The highest BCUT2D eigenvalue weighted by Crippen LogP contribution is 2.35. The van der Waals surface area contributed by atoms with Crippen LogP contribution in [-0.4, -0.2) is 58.3 Å². The van der Waals surface area contributed by atoms with E-state index in [-0.39, 0.29) is 34.9 Å². The molecule has 0 aliphatic heterocycles. The molecule has 0 aliphatic rings. The maximum absolute atomic E-state index is 13.7. The fraction of sp³-hybridized carbons (Fsp3) is 0.133. The number of aromatic hydroxyl groups is 1. The lowest BCUT2D eigenvalue weighted by molar-refractivity contribution is 0.471. The van der Waals surface area contributed by atoms with Crippen molar-refractivity contribution in [3.05, 3.63) is 36.4 Å². The Bertz CT molecular complexity index is 1330. The first-order valence-corrected chi connectivity index (χ1v) is 11.1. The molecule has 0 aliphatic carbocycles. The lowest BCUT2D eigenvalue weighted by atomic mass is 10.1. The average Bonchev–Trinajstić information content (AvgIpc) is 2.59. The summed E-state index contributed by atoms with van der Waals surface area (Å²) in [4.78, 5) is 10.2. The number of hydrogen-bond donors (Lipinski definition) is 5. The van der Waals surface area contributed by atoms with Crippen molar-refractivity contribution in [2.75, 3.05) is 22.9 Å². The van der Waals surface area contributed by atoms with Crippen molar-refractivity contribution in [1.82, 2.24) is 15.0 Å². The summed E-state index contributed by atoms with van der Waals surface area (Å²) in [7, 11) is -8.79. The van der Waals surface area contributed by atoms with Crippen molar-refractivity contribution in [1.29, 1.82) is 0 Å². The number of fused-ring (bicyclic) bond motifs is 1. The Morgan fingerprint density at radius 3 is 2.37 bits per heavy atom. The third kappa shape index (κ3) is 5.26. The van der Waals surface area contributed by atoms with E-state index in [4.69, 9.17) is 4.55 Å². The van der Waals surface area contributed by atoms with E-state index >= 15 is 0 Å². The van der Waals surface area contributed by atoms with E-state index in [2.05, 4.69) is 25.6 Å². The second-order valence-electron chi connectivity index (χ2n) is 5.91. The number of phenols is 1. The van der Waals surface area contributed by atoms with Gasteiger partial charge in [-0.25, -0.2) is 0 Å². The van der Waals surface area contributed by atoms with Crippen LogP contribution in [0, 0.1) is 6.08 Å².